The average molecular weight is 477 g/mol. The molecule has 1 saturated heterocycles. The molecule has 0 radical (unpaired) electrons. The van der Waals surface area contributed by atoms with Gasteiger partial charge in [0.25, 0.3) is 0 Å². The third-order valence-electron chi connectivity index (χ3n) is 5.54. The van der Waals surface area contributed by atoms with Crippen LogP contribution in [0.2, 0.25) is 0 Å². The molecule has 0 aromatic heterocycles. The fraction of sp³-hybridized carbons (Fsp3) is 0.458. The molecule has 0 bridgehead atoms. The Balaban J connectivity index is 1.55. The Morgan fingerprint density at radius 2 is 1.70 bits per heavy atom. The van der Waals surface area contributed by atoms with Gasteiger partial charge >= 0.3 is 0 Å². The summed E-state index contributed by atoms with van der Waals surface area (Å²) in [6.45, 7) is 3.28. The number of hydrogen-bond donors (Lipinski definition) is 1. The van der Waals surface area contributed by atoms with Crippen LogP contribution >= 0.6 is 0 Å². The minimum atomic E-state index is -3.53. The Bertz CT molecular complexity index is 1030. The molecule has 1 aliphatic rings. The number of hydrogen-bond acceptors (Lipinski definition) is 6. The van der Waals surface area contributed by atoms with Crippen molar-refractivity contribution in [1.29, 1.82) is 0 Å². The van der Waals surface area contributed by atoms with E-state index in [2.05, 4.69) is 5.32 Å². The summed E-state index contributed by atoms with van der Waals surface area (Å²) in [5, 5.41) is 2.91. The molecule has 2 aromatic carbocycles. The van der Waals surface area contributed by atoms with Crippen molar-refractivity contribution in [3.63, 3.8) is 0 Å². The number of aryl methyl sites for hydroxylation is 1. The van der Waals surface area contributed by atoms with Crippen molar-refractivity contribution >= 4 is 15.9 Å². The number of rotatable bonds is 11. The summed E-state index contributed by atoms with van der Waals surface area (Å²) in [5.41, 5.74) is 0.690. The van der Waals surface area contributed by atoms with E-state index >= 15 is 0 Å². The van der Waals surface area contributed by atoms with Crippen molar-refractivity contribution in [2.75, 3.05) is 33.9 Å². The van der Waals surface area contributed by atoms with Gasteiger partial charge in [-0.3, -0.25) is 4.79 Å². The molecular formula is C24H32N2O6S. The number of ether oxygens (including phenoxy) is 3. The second kappa shape index (κ2) is 11.4. The third kappa shape index (κ3) is 6.61. The molecule has 1 fully saturated rings. The zero-order valence-corrected chi connectivity index (χ0v) is 20.2. The topological polar surface area (TPSA) is 94.2 Å². The van der Waals surface area contributed by atoms with Crippen LogP contribution in [0.25, 0.3) is 0 Å². The smallest absolute Gasteiger partial charge is 0.243 e. The van der Waals surface area contributed by atoms with Crippen LogP contribution in [0, 0.1) is 0 Å². The maximum absolute atomic E-state index is 12.9. The molecule has 0 unspecified atom stereocenters. The normalized spacial score (nSPS) is 15.1. The Morgan fingerprint density at radius 3 is 2.33 bits per heavy atom. The lowest BCUT2D eigenvalue weighted by molar-refractivity contribution is -0.121. The number of nitrogens with zero attached hydrogens (tertiary/aromatic N) is 1. The molecule has 1 aliphatic heterocycles. The first kappa shape index (κ1) is 24.9. The highest BCUT2D eigenvalue weighted by molar-refractivity contribution is 7.89. The molecule has 0 saturated carbocycles. The van der Waals surface area contributed by atoms with Crippen molar-refractivity contribution in [1.82, 2.24) is 9.62 Å². The molecule has 0 spiro atoms. The van der Waals surface area contributed by atoms with Gasteiger partial charge in [-0.05, 0) is 74.2 Å². The minimum Gasteiger partial charge on any atom is -0.497 e. The van der Waals surface area contributed by atoms with E-state index in [1.807, 2.05) is 31.2 Å². The minimum absolute atomic E-state index is 0.143. The van der Waals surface area contributed by atoms with Crippen LogP contribution in [-0.4, -0.2) is 58.6 Å². The van der Waals surface area contributed by atoms with Gasteiger partial charge < -0.3 is 19.5 Å². The van der Waals surface area contributed by atoms with E-state index in [4.69, 9.17) is 14.2 Å². The van der Waals surface area contributed by atoms with Crippen molar-refractivity contribution in [2.45, 2.75) is 43.5 Å². The van der Waals surface area contributed by atoms with E-state index in [-0.39, 0.29) is 23.3 Å². The zero-order chi connectivity index (χ0) is 23.8. The molecule has 8 nitrogen and oxygen atoms in total. The number of amides is 1. The first-order valence-corrected chi connectivity index (χ1v) is 12.5. The van der Waals surface area contributed by atoms with Crippen molar-refractivity contribution < 1.29 is 27.4 Å². The van der Waals surface area contributed by atoms with Crippen LogP contribution < -0.4 is 19.5 Å². The quantitative estimate of drug-likeness (QED) is 0.536. The molecule has 2 aromatic rings. The summed E-state index contributed by atoms with van der Waals surface area (Å²) < 4.78 is 43.5. The van der Waals surface area contributed by atoms with Crippen LogP contribution in [-0.2, 0) is 21.2 Å². The van der Waals surface area contributed by atoms with Gasteiger partial charge in [-0.25, -0.2) is 8.42 Å². The molecule has 1 N–H and O–H groups in total. The molecule has 9 heteroatoms. The van der Waals surface area contributed by atoms with Gasteiger partial charge in [-0.1, -0.05) is 0 Å². The summed E-state index contributed by atoms with van der Waals surface area (Å²) >= 11 is 0. The molecule has 33 heavy (non-hydrogen) atoms. The van der Waals surface area contributed by atoms with Crippen molar-refractivity contribution in [3.05, 3.63) is 48.0 Å². The average Bonchev–Trinajstić information content (AvgIpc) is 3.37. The van der Waals surface area contributed by atoms with Crippen LogP contribution in [0.1, 0.15) is 31.7 Å². The zero-order valence-electron chi connectivity index (χ0n) is 19.4. The lowest BCUT2D eigenvalue weighted by Gasteiger charge is -2.18. The first-order chi connectivity index (χ1) is 15.8. The molecular weight excluding hydrogens is 444 g/mol. The van der Waals surface area contributed by atoms with Crippen LogP contribution in [0.5, 0.6) is 17.2 Å². The molecule has 1 heterocycles. The predicted molar refractivity (Wildman–Crippen MR) is 125 cm³/mol. The van der Waals surface area contributed by atoms with Gasteiger partial charge in [0.1, 0.15) is 23.9 Å². The first-order valence-electron chi connectivity index (χ1n) is 11.1. The lowest BCUT2D eigenvalue weighted by Crippen LogP contribution is -2.36. The number of nitrogens with one attached hydrogen (secondary N) is 1. The lowest BCUT2D eigenvalue weighted by atomic mass is 10.1. The van der Waals surface area contributed by atoms with E-state index in [1.165, 1.54) is 11.4 Å². The van der Waals surface area contributed by atoms with Crippen LogP contribution in [0.15, 0.2) is 47.4 Å². The Morgan fingerprint density at radius 1 is 1.03 bits per heavy atom. The second-order valence-electron chi connectivity index (χ2n) is 8.04. The molecule has 180 valence electrons. The van der Waals surface area contributed by atoms with E-state index in [0.29, 0.717) is 43.2 Å². The second-order valence-corrected chi connectivity index (χ2v) is 9.98. The van der Waals surface area contributed by atoms with Crippen molar-refractivity contribution in [3.8, 4) is 17.2 Å². The van der Waals surface area contributed by atoms with Crippen LogP contribution in [0.3, 0.4) is 0 Å². The fourth-order valence-electron chi connectivity index (χ4n) is 3.72. The van der Waals surface area contributed by atoms with Gasteiger partial charge in [0, 0.05) is 19.5 Å². The largest absolute Gasteiger partial charge is 0.497 e. The van der Waals surface area contributed by atoms with Gasteiger partial charge in [-0.2, -0.15) is 4.31 Å². The highest BCUT2D eigenvalue weighted by Gasteiger charge is 2.27. The highest BCUT2D eigenvalue weighted by Crippen LogP contribution is 2.27. The van der Waals surface area contributed by atoms with E-state index in [0.717, 1.165) is 18.6 Å². The maximum Gasteiger partial charge on any atom is 0.243 e. The number of carbonyl (C=O) groups is 1. The Labute approximate surface area is 195 Å². The maximum atomic E-state index is 12.9. The van der Waals surface area contributed by atoms with Gasteiger partial charge in [0.2, 0.25) is 15.9 Å². The summed E-state index contributed by atoms with van der Waals surface area (Å²) in [6.07, 6.45) is 2.33. The molecule has 0 aliphatic carbocycles. The van der Waals surface area contributed by atoms with Gasteiger partial charge in [0.15, 0.2) is 0 Å². The van der Waals surface area contributed by atoms with Gasteiger partial charge in [0.05, 0.1) is 25.2 Å². The summed E-state index contributed by atoms with van der Waals surface area (Å²) in [7, 11) is -0.392. The predicted octanol–water partition coefficient (Wildman–Crippen LogP) is 3.00. The summed E-state index contributed by atoms with van der Waals surface area (Å²) in [5.74, 6) is 1.86. The van der Waals surface area contributed by atoms with E-state index in [1.54, 1.807) is 25.3 Å². The van der Waals surface area contributed by atoms with E-state index < -0.39 is 10.0 Å². The van der Waals surface area contributed by atoms with E-state index in [9.17, 15) is 13.2 Å². The molecule has 1 atom stereocenters. The SMILES string of the molecule is COc1ccc(OC[C@H](C)NC(=O)CCc2cc(S(=O)(=O)N3CCCC3)ccc2OC)cc1. The number of sulfonamides is 1. The summed E-state index contributed by atoms with van der Waals surface area (Å²) in [6, 6.07) is 11.9. The Hall–Kier alpha value is -2.78. The number of benzene rings is 2. The molecule has 3 rings (SSSR count). The third-order valence-corrected chi connectivity index (χ3v) is 7.44. The highest BCUT2D eigenvalue weighted by atomic mass is 32.2. The fourth-order valence-corrected chi connectivity index (χ4v) is 5.29. The number of methoxy groups -OCH3 is 2. The van der Waals surface area contributed by atoms with Crippen LogP contribution in [0.4, 0.5) is 0 Å². The Kier molecular flexibility index (Phi) is 8.57. The summed E-state index contributed by atoms with van der Waals surface area (Å²) in [4.78, 5) is 12.7. The standard InChI is InChI=1S/C24H32N2O6S/c1-18(17-32-21-9-7-20(30-2)8-10-21)25-24(27)13-6-19-16-22(11-12-23(19)31-3)33(28,29)26-14-4-5-15-26/h7-12,16,18H,4-6,13-15,17H2,1-3H3,(H,25,27)/t18-/m0/s1. The van der Waals surface area contributed by atoms with Crippen molar-refractivity contribution in [2.24, 2.45) is 0 Å². The molecule has 1 amide bonds. The monoisotopic (exact) mass is 476 g/mol. The van der Waals surface area contributed by atoms with Gasteiger partial charge in [-0.15, -0.1) is 0 Å². The number of carbonyl (C=O) groups excluding carboxylic acids is 1.